The summed E-state index contributed by atoms with van der Waals surface area (Å²) in [5, 5.41) is 16.5. The van der Waals surface area contributed by atoms with Crippen LogP contribution in [-0.2, 0) is 9.59 Å². The number of hydrogen-bond acceptors (Lipinski definition) is 6. The monoisotopic (exact) mass is 414 g/mol. The Morgan fingerprint density at radius 3 is 2.50 bits per heavy atom. The third-order valence-corrected chi connectivity index (χ3v) is 4.96. The van der Waals surface area contributed by atoms with Crippen molar-refractivity contribution in [1.82, 2.24) is 4.90 Å². The predicted molar refractivity (Wildman–Crippen MR) is 115 cm³/mol. The van der Waals surface area contributed by atoms with Gasteiger partial charge in [-0.2, -0.15) is 0 Å². The summed E-state index contributed by atoms with van der Waals surface area (Å²) in [6.45, 7) is 5.53. The number of likely N-dealkylation sites (N-methyl/N-ethyl adjacent to an activating group) is 1. The Morgan fingerprint density at radius 1 is 1.17 bits per heavy atom. The molecule has 0 aliphatic carbocycles. The lowest BCUT2D eigenvalue weighted by atomic mass is 10.1. The Bertz CT molecular complexity index is 960. The summed E-state index contributed by atoms with van der Waals surface area (Å²) in [5.41, 5.74) is 2.81. The number of methoxy groups -OCH3 is 1. The fourth-order valence-electron chi connectivity index (χ4n) is 2.78. The van der Waals surface area contributed by atoms with Crippen molar-refractivity contribution in [2.24, 2.45) is 0 Å². The molecular weight excluding hydrogens is 388 g/mol. The number of nitrogens with zero attached hydrogens (tertiary/aromatic N) is 2. The first-order valence-corrected chi connectivity index (χ1v) is 9.33. The van der Waals surface area contributed by atoms with Crippen LogP contribution in [0.5, 0.6) is 5.75 Å². The first kappa shape index (κ1) is 22.8. The fourth-order valence-corrected chi connectivity index (χ4v) is 2.78. The zero-order valence-electron chi connectivity index (χ0n) is 17.7. The summed E-state index contributed by atoms with van der Waals surface area (Å²) >= 11 is 0. The molecular formula is C21H26N4O5. The Morgan fingerprint density at radius 2 is 1.87 bits per heavy atom. The Kier molecular flexibility index (Phi) is 7.48. The summed E-state index contributed by atoms with van der Waals surface area (Å²) in [6.07, 6.45) is 0. The number of nitrogens with one attached hydrogen (secondary N) is 2. The third kappa shape index (κ3) is 5.54. The fraction of sp³-hybridized carbons (Fsp3) is 0.333. The van der Waals surface area contributed by atoms with E-state index in [-0.39, 0.29) is 23.8 Å². The number of aryl methyl sites for hydroxylation is 1. The average molecular weight is 414 g/mol. The summed E-state index contributed by atoms with van der Waals surface area (Å²) in [7, 11) is 3.06. The summed E-state index contributed by atoms with van der Waals surface area (Å²) in [6, 6.07) is 8.93. The van der Waals surface area contributed by atoms with Crippen LogP contribution in [0.25, 0.3) is 0 Å². The van der Waals surface area contributed by atoms with Crippen molar-refractivity contribution in [1.29, 1.82) is 0 Å². The number of carbonyl (C=O) groups is 2. The highest BCUT2D eigenvalue weighted by molar-refractivity contribution is 5.97. The highest BCUT2D eigenvalue weighted by Gasteiger charge is 2.22. The number of hydrogen-bond donors (Lipinski definition) is 2. The van der Waals surface area contributed by atoms with E-state index < -0.39 is 16.9 Å². The molecule has 2 aromatic rings. The van der Waals surface area contributed by atoms with Crippen LogP contribution >= 0.6 is 0 Å². The van der Waals surface area contributed by atoms with Gasteiger partial charge in [-0.1, -0.05) is 12.1 Å². The first-order chi connectivity index (χ1) is 14.1. The van der Waals surface area contributed by atoms with Crippen molar-refractivity contribution in [2.75, 3.05) is 31.3 Å². The molecule has 160 valence electrons. The van der Waals surface area contributed by atoms with Gasteiger partial charge in [0.05, 0.1) is 30.3 Å². The molecule has 2 aromatic carbocycles. The van der Waals surface area contributed by atoms with Crippen molar-refractivity contribution in [3.63, 3.8) is 0 Å². The molecule has 0 bridgehead atoms. The molecule has 0 fully saturated rings. The smallest absolute Gasteiger partial charge is 0.271 e. The quantitative estimate of drug-likeness (QED) is 0.507. The van der Waals surface area contributed by atoms with Gasteiger partial charge in [-0.05, 0) is 51.1 Å². The molecule has 9 heteroatoms. The summed E-state index contributed by atoms with van der Waals surface area (Å²) < 4.78 is 5.16. The second kappa shape index (κ2) is 9.84. The summed E-state index contributed by atoms with van der Waals surface area (Å²) in [4.78, 5) is 37.1. The van der Waals surface area contributed by atoms with E-state index in [4.69, 9.17) is 4.74 Å². The van der Waals surface area contributed by atoms with Crippen LogP contribution in [0.1, 0.15) is 18.1 Å². The minimum Gasteiger partial charge on any atom is -0.495 e. The lowest BCUT2D eigenvalue weighted by Crippen LogP contribution is -2.43. The molecule has 0 saturated heterocycles. The van der Waals surface area contributed by atoms with E-state index in [9.17, 15) is 19.7 Å². The zero-order valence-corrected chi connectivity index (χ0v) is 17.7. The van der Waals surface area contributed by atoms with E-state index >= 15 is 0 Å². The van der Waals surface area contributed by atoms with Gasteiger partial charge in [-0.15, -0.1) is 0 Å². The van der Waals surface area contributed by atoms with Crippen LogP contribution in [0.4, 0.5) is 17.1 Å². The molecule has 0 aromatic heterocycles. The van der Waals surface area contributed by atoms with Gasteiger partial charge in [-0.3, -0.25) is 24.6 Å². The standard InChI is InChI=1S/C21H26N4O5/c1-13-7-6-8-17(14(13)2)22-20(26)12-24(4)15(3)21(27)23-18-11-16(25(28)29)9-10-19(18)30-5/h6-11,15H,12H2,1-5H3,(H,22,26)(H,23,27)/t15-/m0/s1. The number of anilines is 2. The van der Waals surface area contributed by atoms with Gasteiger partial charge in [0.25, 0.3) is 5.69 Å². The molecule has 1 atom stereocenters. The van der Waals surface area contributed by atoms with Gasteiger partial charge in [0.1, 0.15) is 5.75 Å². The van der Waals surface area contributed by atoms with E-state index in [0.717, 1.165) is 16.8 Å². The lowest BCUT2D eigenvalue weighted by Gasteiger charge is -2.24. The molecule has 2 N–H and O–H groups in total. The minimum atomic E-state index is -0.668. The van der Waals surface area contributed by atoms with Crippen molar-refractivity contribution < 1.29 is 19.2 Å². The van der Waals surface area contributed by atoms with Crippen LogP contribution in [-0.4, -0.2) is 48.4 Å². The normalized spacial score (nSPS) is 11.7. The molecule has 0 radical (unpaired) electrons. The maximum Gasteiger partial charge on any atom is 0.271 e. The Hall–Kier alpha value is -3.46. The third-order valence-electron chi connectivity index (χ3n) is 4.96. The van der Waals surface area contributed by atoms with E-state index in [0.29, 0.717) is 5.75 Å². The maximum atomic E-state index is 12.6. The van der Waals surface area contributed by atoms with Gasteiger partial charge in [0.15, 0.2) is 0 Å². The van der Waals surface area contributed by atoms with Crippen LogP contribution in [0.2, 0.25) is 0 Å². The van der Waals surface area contributed by atoms with E-state index in [2.05, 4.69) is 10.6 Å². The molecule has 0 saturated carbocycles. The van der Waals surface area contributed by atoms with Crippen LogP contribution in [0.3, 0.4) is 0 Å². The van der Waals surface area contributed by atoms with Gasteiger partial charge in [-0.25, -0.2) is 0 Å². The van der Waals surface area contributed by atoms with Crippen LogP contribution in [0.15, 0.2) is 36.4 Å². The molecule has 9 nitrogen and oxygen atoms in total. The Labute approximate surface area is 175 Å². The van der Waals surface area contributed by atoms with Gasteiger partial charge >= 0.3 is 0 Å². The van der Waals surface area contributed by atoms with E-state index in [1.54, 1.807) is 18.9 Å². The second-order valence-electron chi connectivity index (χ2n) is 7.02. The molecule has 0 spiro atoms. The van der Waals surface area contributed by atoms with Gasteiger partial charge in [0, 0.05) is 17.8 Å². The number of rotatable bonds is 8. The van der Waals surface area contributed by atoms with E-state index in [1.807, 2.05) is 32.0 Å². The minimum absolute atomic E-state index is 0.00591. The zero-order chi connectivity index (χ0) is 22.4. The number of ether oxygens (including phenoxy) is 1. The largest absolute Gasteiger partial charge is 0.495 e. The number of nitro groups is 1. The van der Waals surface area contributed by atoms with Crippen molar-refractivity contribution in [3.05, 3.63) is 57.6 Å². The Balaban J connectivity index is 2.03. The SMILES string of the molecule is COc1ccc([N+](=O)[O-])cc1NC(=O)[C@H](C)N(C)CC(=O)Nc1cccc(C)c1C. The van der Waals surface area contributed by atoms with Crippen LogP contribution in [0, 0.1) is 24.0 Å². The molecule has 0 aliphatic rings. The molecule has 0 unspecified atom stereocenters. The number of benzene rings is 2. The van der Waals surface area contributed by atoms with Crippen molar-refractivity contribution in [3.8, 4) is 5.75 Å². The number of nitro benzene ring substituents is 1. The second-order valence-corrected chi connectivity index (χ2v) is 7.02. The molecule has 2 rings (SSSR count). The topological polar surface area (TPSA) is 114 Å². The van der Waals surface area contributed by atoms with Crippen LogP contribution < -0.4 is 15.4 Å². The van der Waals surface area contributed by atoms with Gasteiger partial charge < -0.3 is 15.4 Å². The van der Waals surface area contributed by atoms with Crippen molar-refractivity contribution >= 4 is 28.9 Å². The molecule has 30 heavy (non-hydrogen) atoms. The predicted octanol–water partition coefficient (Wildman–Crippen LogP) is 3.12. The van der Waals surface area contributed by atoms with Gasteiger partial charge in [0.2, 0.25) is 11.8 Å². The average Bonchev–Trinajstić information content (AvgIpc) is 2.70. The first-order valence-electron chi connectivity index (χ1n) is 9.33. The highest BCUT2D eigenvalue weighted by atomic mass is 16.6. The highest BCUT2D eigenvalue weighted by Crippen LogP contribution is 2.29. The number of carbonyl (C=O) groups excluding carboxylic acids is 2. The molecule has 2 amide bonds. The van der Waals surface area contributed by atoms with Crippen molar-refractivity contribution in [2.45, 2.75) is 26.8 Å². The summed E-state index contributed by atoms with van der Waals surface area (Å²) in [5.74, 6) is -0.369. The number of amides is 2. The van der Waals surface area contributed by atoms with E-state index in [1.165, 1.54) is 25.3 Å². The molecule has 0 aliphatic heterocycles. The maximum absolute atomic E-state index is 12.6. The lowest BCUT2D eigenvalue weighted by molar-refractivity contribution is -0.384. The molecule has 0 heterocycles. The number of non-ortho nitro benzene ring substituents is 1.